The van der Waals surface area contributed by atoms with E-state index >= 15 is 0 Å². The van der Waals surface area contributed by atoms with Gasteiger partial charge in [-0.25, -0.2) is 4.98 Å². The van der Waals surface area contributed by atoms with Crippen molar-refractivity contribution in [2.24, 2.45) is 5.73 Å². The van der Waals surface area contributed by atoms with Gasteiger partial charge in [0.2, 0.25) is 0 Å². The highest BCUT2D eigenvalue weighted by Gasteiger charge is 2.13. The summed E-state index contributed by atoms with van der Waals surface area (Å²) in [7, 11) is 0. The Morgan fingerprint density at radius 3 is 3.14 bits per heavy atom. The number of aromatic nitrogens is 2. The SMILES string of the molecule is NCC#Cc1cnc(NC(=O)c2c[nH]c3ccccc23)s1. The van der Waals surface area contributed by atoms with Crippen LogP contribution >= 0.6 is 11.3 Å². The summed E-state index contributed by atoms with van der Waals surface area (Å²) < 4.78 is 0. The van der Waals surface area contributed by atoms with Gasteiger partial charge in [-0.15, -0.1) is 0 Å². The number of nitrogens with one attached hydrogen (secondary N) is 2. The number of fused-ring (bicyclic) bond motifs is 1. The first-order valence-electron chi connectivity index (χ1n) is 6.30. The molecule has 0 aliphatic heterocycles. The minimum Gasteiger partial charge on any atom is -0.360 e. The molecule has 1 aromatic carbocycles. The zero-order chi connectivity index (χ0) is 14.7. The third-order valence-corrected chi connectivity index (χ3v) is 3.70. The van der Waals surface area contributed by atoms with E-state index in [2.05, 4.69) is 27.1 Å². The summed E-state index contributed by atoms with van der Waals surface area (Å²) in [6, 6.07) is 7.65. The molecule has 0 saturated heterocycles. The first-order chi connectivity index (χ1) is 10.3. The van der Waals surface area contributed by atoms with E-state index in [1.165, 1.54) is 11.3 Å². The van der Waals surface area contributed by atoms with Gasteiger partial charge in [-0.1, -0.05) is 41.4 Å². The van der Waals surface area contributed by atoms with Gasteiger partial charge in [0.05, 0.1) is 23.2 Å². The fraction of sp³-hybridized carbons (Fsp3) is 0.0667. The van der Waals surface area contributed by atoms with Crippen molar-refractivity contribution in [1.82, 2.24) is 9.97 Å². The first kappa shape index (κ1) is 13.4. The van der Waals surface area contributed by atoms with E-state index in [1.807, 2.05) is 24.3 Å². The molecule has 0 radical (unpaired) electrons. The molecule has 2 aromatic heterocycles. The molecule has 4 N–H and O–H groups in total. The van der Waals surface area contributed by atoms with Gasteiger partial charge in [-0.2, -0.15) is 0 Å². The Kier molecular flexibility index (Phi) is 3.69. The molecule has 0 bridgehead atoms. The summed E-state index contributed by atoms with van der Waals surface area (Å²) in [5.41, 5.74) is 6.84. The van der Waals surface area contributed by atoms with Crippen LogP contribution in [0.1, 0.15) is 15.2 Å². The van der Waals surface area contributed by atoms with Crippen LogP contribution in [-0.4, -0.2) is 22.4 Å². The zero-order valence-corrected chi connectivity index (χ0v) is 11.8. The number of hydrogen-bond donors (Lipinski definition) is 3. The van der Waals surface area contributed by atoms with Crippen molar-refractivity contribution >= 4 is 33.3 Å². The van der Waals surface area contributed by atoms with E-state index in [0.717, 1.165) is 15.8 Å². The van der Waals surface area contributed by atoms with Crippen molar-refractivity contribution in [1.29, 1.82) is 0 Å². The van der Waals surface area contributed by atoms with Crippen LogP contribution in [0.4, 0.5) is 5.13 Å². The Balaban J connectivity index is 1.81. The number of aromatic amines is 1. The van der Waals surface area contributed by atoms with Crippen LogP contribution < -0.4 is 11.1 Å². The highest BCUT2D eigenvalue weighted by molar-refractivity contribution is 7.16. The summed E-state index contributed by atoms with van der Waals surface area (Å²) in [6.45, 7) is 0.301. The number of nitrogens with zero attached hydrogens (tertiary/aromatic N) is 1. The maximum atomic E-state index is 12.3. The summed E-state index contributed by atoms with van der Waals surface area (Å²) >= 11 is 1.32. The first-order valence-corrected chi connectivity index (χ1v) is 7.12. The Labute approximate surface area is 125 Å². The van der Waals surface area contributed by atoms with Gasteiger partial charge in [-0.3, -0.25) is 10.1 Å². The van der Waals surface area contributed by atoms with Crippen molar-refractivity contribution in [3.8, 4) is 11.8 Å². The normalized spacial score (nSPS) is 10.1. The predicted molar refractivity (Wildman–Crippen MR) is 84.3 cm³/mol. The lowest BCUT2D eigenvalue weighted by Crippen LogP contribution is -2.10. The molecule has 3 rings (SSSR count). The molecule has 0 saturated carbocycles. The second-order valence-electron chi connectivity index (χ2n) is 4.24. The van der Waals surface area contributed by atoms with Gasteiger partial charge in [0.15, 0.2) is 5.13 Å². The largest absolute Gasteiger partial charge is 0.360 e. The van der Waals surface area contributed by atoms with Crippen LogP contribution in [0.2, 0.25) is 0 Å². The van der Waals surface area contributed by atoms with Crippen molar-refractivity contribution < 1.29 is 4.79 Å². The number of benzene rings is 1. The second kappa shape index (κ2) is 5.79. The quantitative estimate of drug-likeness (QED) is 0.634. The zero-order valence-electron chi connectivity index (χ0n) is 11.0. The number of thiazole rings is 1. The number of H-pyrrole nitrogens is 1. The van der Waals surface area contributed by atoms with Crippen LogP contribution in [-0.2, 0) is 0 Å². The summed E-state index contributed by atoms with van der Waals surface area (Å²) in [5, 5.41) is 4.19. The van der Waals surface area contributed by atoms with Gasteiger partial charge in [0.1, 0.15) is 0 Å². The highest BCUT2D eigenvalue weighted by atomic mass is 32.1. The minimum atomic E-state index is -0.194. The molecule has 0 fully saturated rings. The lowest BCUT2D eigenvalue weighted by Gasteiger charge is -1.99. The van der Waals surface area contributed by atoms with E-state index in [1.54, 1.807) is 12.4 Å². The van der Waals surface area contributed by atoms with Gasteiger partial charge in [-0.05, 0) is 6.07 Å². The smallest absolute Gasteiger partial charge is 0.259 e. The third kappa shape index (κ3) is 2.79. The van der Waals surface area contributed by atoms with E-state index in [9.17, 15) is 4.79 Å². The molecule has 6 heteroatoms. The average molecular weight is 296 g/mol. The van der Waals surface area contributed by atoms with E-state index < -0.39 is 0 Å². The van der Waals surface area contributed by atoms with E-state index in [0.29, 0.717) is 17.2 Å². The second-order valence-corrected chi connectivity index (χ2v) is 5.27. The number of carbonyl (C=O) groups excluding carboxylic acids is 1. The molecule has 0 spiro atoms. The maximum Gasteiger partial charge on any atom is 0.259 e. The van der Waals surface area contributed by atoms with Crippen molar-refractivity contribution in [3.05, 3.63) is 47.1 Å². The summed E-state index contributed by atoms with van der Waals surface area (Å²) in [5.74, 6) is 5.45. The molecule has 0 aliphatic rings. The minimum absolute atomic E-state index is 0.194. The van der Waals surface area contributed by atoms with Crippen LogP contribution in [0, 0.1) is 11.8 Å². The molecule has 0 aliphatic carbocycles. The van der Waals surface area contributed by atoms with Crippen LogP contribution in [0.3, 0.4) is 0 Å². The monoisotopic (exact) mass is 296 g/mol. The molecule has 3 aromatic rings. The van der Waals surface area contributed by atoms with Gasteiger partial charge < -0.3 is 10.7 Å². The van der Waals surface area contributed by atoms with Gasteiger partial charge in [0.25, 0.3) is 5.91 Å². The van der Waals surface area contributed by atoms with Crippen molar-refractivity contribution in [2.75, 3.05) is 11.9 Å². The number of anilines is 1. The molecule has 0 unspecified atom stereocenters. The molecule has 1 amide bonds. The maximum absolute atomic E-state index is 12.3. The van der Waals surface area contributed by atoms with Gasteiger partial charge >= 0.3 is 0 Å². The lowest BCUT2D eigenvalue weighted by molar-refractivity contribution is 0.102. The van der Waals surface area contributed by atoms with E-state index in [4.69, 9.17) is 5.73 Å². The fourth-order valence-electron chi connectivity index (χ4n) is 1.95. The van der Waals surface area contributed by atoms with Gasteiger partial charge in [0, 0.05) is 17.1 Å². The van der Waals surface area contributed by atoms with Crippen molar-refractivity contribution in [3.63, 3.8) is 0 Å². The standard InChI is InChI=1S/C15H12N4OS/c16-7-3-4-10-8-18-15(21-10)19-14(20)12-9-17-13-6-2-1-5-11(12)13/h1-2,5-6,8-9,17H,7,16H2,(H,18,19,20). The Morgan fingerprint density at radius 1 is 1.43 bits per heavy atom. The number of carbonyl (C=O) groups is 1. The lowest BCUT2D eigenvalue weighted by atomic mass is 10.2. The summed E-state index contributed by atoms with van der Waals surface area (Å²) in [4.78, 5) is 20.3. The highest BCUT2D eigenvalue weighted by Crippen LogP contribution is 2.21. The number of nitrogens with two attached hydrogens (primary N) is 1. The van der Waals surface area contributed by atoms with E-state index in [-0.39, 0.29) is 5.91 Å². The molecular weight excluding hydrogens is 284 g/mol. The summed E-state index contributed by atoms with van der Waals surface area (Å²) in [6.07, 6.45) is 3.32. The number of rotatable bonds is 2. The molecular formula is C15H12N4OS. The number of para-hydroxylation sites is 1. The fourth-order valence-corrected chi connectivity index (χ4v) is 2.64. The van der Waals surface area contributed by atoms with Crippen LogP contribution in [0.25, 0.3) is 10.9 Å². The molecule has 104 valence electrons. The molecule has 21 heavy (non-hydrogen) atoms. The number of hydrogen-bond acceptors (Lipinski definition) is 4. The number of amides is 1. The Bertz CT molecular complexity index is 853. The van der Waals surface area contributed by atoms with Crippen molar-refractivity contribution in [2.45, 2.75) is 0 Å². The van der Waals surface area contributed by atoms with Crippen LogP contribution in [0.5, 0.6) is 0 Å². The Hall–Kier alpha value is -2.62. The average Bonchev–Trinajstić information content (AvgIpc) is 3.11. The molecule has 0 atom stereocenters. The molecule has 2 heterocycles. The van der Waals surface area contributed by atoms with Crippen LogP contribution in [0.15, 0.2) is 36.7 Å². The third-order valence-electron chi connectivity index (χ3n) is 2.87. The Morgan fingerprint density at radius 2 is 2.29 bits per heavy atom. The topological polar surface area (TPSA) is 83.8 Å². The molecule has 5 nitrogen and oxygen atoms in total. The predicted octanol–water partition coefficient (Wildman–Crippen LogP) is 2.19.